The molecule has 1 N–H and O–H groups in total. The van der Waals surface area contributed by atoms with Crippen molar-refractivity contribution in [3.05, 3.63) is 83.6 Å². The van der Waals surface area contributed by atoms with Crippen LogP contribution in [0.2, 0.25) is 0 Å². The van der Waals surface area contributed by atoms with Crippen LogP contribution in [0.15, 0.2) is 71.8 Å². The molecule has 0 saturated carbocycles. The number of methoxy groups -OCH3 is 3. The van der Waals surface area contributed by atoms with Crippen molar-refractivity contribution in [2.24, 2.45) is 5.10 Å². The monoisotopic (exact) mass is 442 g/mol. The largest absolute Gasteiger partial charge is 0.493 e. The highest BCUT2D eigenvalue weighted by atomic mass is 16.5. The Kier molecular flexibility index (Phi) is 6.69. The lowest BCUT2D eigenvalue weighted by Crippen LogP contribution is -2.07. The van der Waals surface area contributed by atoms with Crippen LogP contribution >= 0.6 is 0 Å². The van der Waals surface area contributed by atoms with Gasteiger partial charge in [-0.3, -0.25) is 5.43 Å². The van der Waals surface area contributed by atoms with Crippen molar-refractivity contribution in [1.82, 2.24) is 9.97 Å². The Morgan fingerprint density at radius 2 is 1.42 bits per heavy atom. The van der Waals surface area contributed by atoms with E-state index in [2.05, 4.69) is 22.7 Å². The summed E-state index contributed by atoms with van der Waals surface area (Å²) in [6.45, 7) is 1.90. The lowest BCUT2D eigenvalue weighted by atomic mass is 10.1. The summed E-state index contributed by atoms with van der Waals surface area (Å²) in [5.74, 6) is 2.28. The Morgan fingerprint density at radius 3 is 2.03 bits per heavy atom. The van der Waals surface area contributed by atoms with Gasteiger partial charge in [0.1, 0.15) is 0 Å². The van der Waals surface area contributed by atoms with Crippen LogP contribution in [0.5, 0.6) is 17.2 Å². The van der Waals surface area contributed by atoms with Gasteiger partial charge < -0.3 is 14.2 Å². The zero-order valence-corrected chi connectivity index (χ0v) is 19.1. The Bertz CT molecular complexity index is 1260. The second-order valence-electron chi connectivity index (χ2n) is 7.39. The van der Waals surface area contributed by atoms with E-state index in [-0.39, 0.29) is 0 Å². The van der Waals surface area contributed by atoms with Gasteiger partial charge in [-0.15, -0.1) is 0 Å². The molecule has 0 aliphatic carbocycles. The average molecular weight is 443 g/mol. The number of ether oxygens (including phenoxy) is 3. The summed E-state index contributed by atoms with van der Waals surface area (Å²) in [5, 5.41) is 4.59. The Balaban J connectivity index is 1.70. The van der Waals surface area contributed by atoms with E-state index in [9.17, 15) is 0 Å². The molecule has 0 fully saturated rings. The van der Waals surface area contributed by atoms with Crippen LogP contribution in [-0.4, -0.2) is 37.0 Å². The van der Waals surface area contributed by atoms with Gasteiger partial charge >= 0.3 is 0 Å². The van der Waals surface area contributed by atoms with Gasteiger partial charge in [0, 0.05) is 12.0 Å². The van der Waals surface area contributed by atoms with Crippen molar-refractivity contribution in [3.63, 3.8) is 0 Å². The van der Waals surface area contributed by atoms with Gasteiger partial charge in [-0.2, -0.15) is 5.10 Å². The maximum Gasteiger partial charge on any atom is 0.203 e. The summed E-state index contributed by atoms with van der Waals surface area (Å²) in [5.41, 5.74) is 8.31. The van der Waals surface area contributed by atoms with Gasteiger partial charge in [0.05, 0.1) is 43.8 Å². The second kappa shape index (κ2) is 9.99. The number of rotatable bonds is 8. The van der Waals surface area contributed by atoms with E-state index in [1.165, 1.54) is 0 Å². The number of hydrogen-bond acceptors (Lipinski definition) is 7. The molecule has 0 spiro atoms. The molecule has 4 aromatic rings. The van der Waals surface area contributed by atoms with Crippen molar-refractivity contribution in [2.75, 3.05) is 26.8 Å². The van der Waals surface area contributed by atoms with Gasteiger partial charge in [-0.1, -0.05) is 42.5 Å². The third-order valence-corrected chi connectivity index (χ3v) is 5.27. The van der Waals surface area contributed by atoms with Gasteiger partial charge in [0.2, 0.25) is 5.75 Å². The molecular weight excluding hydrogens is 416 g/mol. The fourth-order valence-corrected chi connectivity index (χ4v) is 3.53. The van der Waals surface area contributed by atoms with Crippen LogP contribution in [0.4, 0.5) is 5.82 Å². The van der Waals surface area contributed by atoms with Gasteiger partial charge in [-0.05, 0) is 36.8 Å². The van der Waals surface area contributed by atoms with E-state index in [0.29, 0.717) is 29.5 Å². The van der Waals surface area contributed by atoms with Crippen LogP contribution in [-0.2, 0) is 6.42 Å². The Labute approximate surface area is 193 Å². The first kappa shape index (κ1) is 22.1. The lowest BCUT2D eigenvalue weighted by molar-refractivity contribution is 0.324. The number of fused-ring (bicyclic) bond motifs is 1. The summed E-state index contributed by atoms with van der Waals surface area (Å²) >= 11 is 0. The standard InChI is InChI=1S/C26H26N4O3/c1-17(19-15-23(31-2)25(33-4)24(16-19)32-3)29-30-26-22(14-18-10-6-5-7-11-18)27-20-12-8-9-13-21(20)28-26/h5-13,15-16H,14H2,1-4H3,(H,28,30)/b29-17-. The van der Waals surface area contributed by atoms with E-state index in [4.69, 9.17) is 24.2 Å². The molecule has 4 rings (SSSR count). The highest BCUT2D eigenvalue weighted by Gasteiger charge is 2.15. The summed E-state index contributed by atoms with van der Waals surface area (Å²) in [6.07, 6.45) is 0.639. The summed E-state index contributed by atoms with van der Waals surface area (Å²) in [6, 6.07) is 21.7. The first-order valence-corrected chi connectivity index (χ1v) is 10.5. The number of nitrogens with one attached hydrogen (secondary N) is 1. The third-order valence-electron chi connectivity index (χ3n) is 5.27. The molecule has 3 aromatic carbocycles. The molecule has 33 heavy (non-hydrogen) atoms. The molecule has 1 aromatic heterocycles. The molecule has 0 bridgehead atoms. The fourth-order valence-electron chi connectivity index (χ4n) is 3.53. The maximum atomic E-state index is 5.46. The molecule has 1 heterocycles. The molecule has 0 radical (unpaired) electrons. The minimum atomic E-state index is 0.537. The van der Waals surface area contributed by atoms with Crippen molar-refractivity contribution in [2.45, 2.75) is 13.3 Å². The lowest BCUT2D eigenvalue weighted by Gasteiger charge is -2.14. The smallest absolute Gasteiger partial charge is 0.203 e. The van der Waals surface area contributed by atoms with E-state index in [1.807, 2.05) is 61.5 Å². The molecule has 0 saturated heterocycles. The molecule has 7 heteroatoms. The molecule has 168 valence electrons. The highest BCUT2D eigenvalue weighted by molar-refractivity contribution is 6.00. The molecule has 0 amide bonds. The molecule has 0 aliphatic heterocycles. The molecule has 0 unspecified atom stereocenters. The van der Waals surface area contributed by atoms with Crippen molar-refractivity contribution in [1.29, 1.82) is 0 Å². The van der Waals surface area contributed by atoms with Gasteiger partial charge in [0.15, 0.2) is 17.3 Å². The molecule has 0 aliphatic rings. The van der Waals surface area contributed by atoms with Crippen LogP contribution in [0.25, 0.3) is 11.0 Å². The number of hydrazone groups is 1. The Morgan fingerprint density at radius 1 is 0.818 bits per heavy atom. The van der Waals surface area contributed by atoms with Crippen LogP contribution in [0.1, 0.15) is 23.7 Å². The number of para-hydroxylation sites is 2. The minimum Gasteiger partial charge on any atom is -0.493 e. The SMILES string of the molecule is COc1cc(/C(C)=N\Nc2nc3ccccc3nc2Cc2ccccc2)cc(OC)c1OC. The van der Waals surface area contributed by atoms with Crippen molar-refractivity contribution < 1.29 is 14.2 Å². The van der Waals surface area contributed by atoms with Crippen LogP contribution in [0.3, 0.4) is 0 Å². The second-order valence-corrected chi connectivity index (χ2v) is 7.39. The average Bonchev–Trinajstić information content (AvgIpc) is 2.86. The van der Waals surface area contributed by atoms with E-state index >= 15 is 0 Å². The quantitative estimate of drug-likeness (QED) is 0.303. The highest BCUT2D eigenvalue weighted by Crippen LogP contribution is 2.38. The third kappa shape index (κ3) is 4.87. The molecule has 7 nitrogen and oxygen atoms in total. The van der Waals surface area contributed by atoms with Crippen LogP contribution in [0, 0.1) is 0 Å². The van der Waals surface area contributed by atoms with E-state index in [0.717, 1.165) is 33.6 Å². The number of aromatic nitrogens is 2. The number of nitrogens with zero attached hydrogens (tertiary/aromatic N) is 3. The maximum absolute atomic E-state index is 5.46. The van der Waals surface area contributed by atoms with Gasteiger partial charge in [-0.25, -0.2) is 9.97 Å². The van der Waals surface area contributed by atoms with E-state index < -0.39 is 0 Å². The predicted molar refractivity (Wildman–Crippen MR) is 131 cm³/mol. The number of hydrogen-bond donors (Lipinski definition) is 1. The Hall–Kier alpha value is -4.13. The topological polar surface area (TPSA) is 77.9 Å². The summed E-state index contributed by atoms with van der Waals surface area (Å²) in [7, 11) is 4.76. The van der Waals surface area contributed by atoms with Crippen molar-refractivity contribution >= 4 is 22.6 Å². The first-order chi connectivity index (χ1) is 16.1. The zero-order chi connectivity index (χ0) is 23.2. The molecular formula is C26H26N4O3. The number of anilines is 1. The first-order valence-electron chi connectivity index (χ1n) is 10.5. The van der Waals surface area contributed by atoms with E-state index in [1.54, 1.807) is 21.3 Å². The van der Waals surface area contributed by atoms with Crippen molar-refractivity contribution in [3.8, 4) is 17.2 Å². The van der Waals surface area contributed by atoms with Gasteiger partial charge in [0.25, 0.3) is 0 Å². The normalized spacial score (nSPS) is 11.3. The zero-order valence-electron chi connectivity index (χ0n) is 19.1. The molecule has 0 atom stereocenters. The summed E-state index contributed by atoms with van der Waals surface area (Å²) in [4.78, 5) is 9.63. The van der Waals surface area contributed by atoms with Crippen LogP contribution < -0.4 is 19.6 Å². The minimum absolute atomic E-state index is 0.537. The summed E-state index contributed by atoms with van der Waals surface area (Å²) < 4.78 is 16.3. The predicted octanol–water partition coefficient (Wildman–Crippen LogP) is 5.08. The fraction of sp³-hybridized carbons (Fsp3) is 0.192. The number of benzene rings is 3.